The van der Waals surface area contributed by atoms with E-state index in [9.17, 15) is 13.2 Å². The van der Waals surface area contributed by atoms with Gasteiger partial charge < -0.3 is 14.6 Å². The van der Waals surface area contributed by atoms with Gasteiger partial charge in [-0.2, -0.15) is 0 Å². The molecular weight excluding hydrogens is 296 g/mol. The molecule has 0 heterocycles. The molecule has 0 radical (unpaired) electrons. The van der Waals surface area contributed by atoms with Gasteiger partial charge in [-0.3, -0.25) is 0 Å². The molecule has 6 nitrogen and oxygen atoms in total. The van der Waals surface area contributed by atoms with Gasteiger partial charge >= 0.3 is 5.97 Å². The molecule has 0 saturated heterocycles. The van der Waals surface area contributed by atoms with Crippen molar-refractivity contribution in [3.8, 4) is 5.75 Å². The van der Waals surface area contributed by atoms with Crippen LogP contribution in [0.15, 0.2) is 23.1 Å². The summed E-state index contributed by atoms with van der Waals surface area (Å²) < 4.78 is 32.9. The monoisotopic (exact) mass is 308 g/mol. The molecule has 0 aliphatic heterocycles. The number of hydrogen-bond donors (Lipinski definition) is 1. The van der Waals surface area contributed by atoms with Gasteiger partial charge in [-0.15, -0.1) is 0 Å². The lowest BCUT2D eigenvalue weighted by molar-refractivity contribution is 0.0696. The van der Waals surface area contributed by atoms with Gasteiger partial charge in [0, 0.05) is 30.8 Å². The van der Waals surface area contributed by atoms with Crippen molar-refractivity contribution in [3.63, 3.8) is 0 Å². The molecule has 1 N–H and O–H groups in total. The van der Waals surface area contributed by atoms with E-state index in [0.29, 0.717) is 13.0 Å². The average Bonchev–Trinajstić information content (AvgIpc) is 2.33. The van der Waals surface area contributed by atoms with Gasteiger partial charge in [-0.05, 0) is 18.2 Å². The van der Waals surface area contributed by atoms with Gasteiger partial charge in [-0.25, -0.2) is 13.2 Å². The summed E-state index contributed by atoms with van der Waals surface area (Å²) >= 11 is 0. The quantitative estimate of drug-likeness (QED) is 0.609. The minimum absolute atomic E-state index is 0.0242. The zero-order valence-corrected chi connectivity index (χ0v) is 11.7. The van der Waals surface area contributed by atoms with E-state index in [2.05, 4.69) is 0 Å². The number of ether oxygens (including phenoxy) is 2. The number of methoxy groups -OCH3 is 1. The molecule has 1 aromatic rings. The molecule has 0 fully saturated rings. The molecule has 0 bridgehead atoms. The third-order valence-corrected chi connectivity index (χ3v) is 3.55. The van der Waals surface area contributed by atoms with E-state index in [1.54, 1.807) is 0 Å². The van der Waals surface area contributed by atoms with Crippen LogP contribution < -0.4 is 4.74 Å². The number of aromatic carboxylic acids is 1. The fraction of sp³-hybridized carbons (Fsp3) is 0.364. The second-order valence-corrected chi connectivity index (χ2v) is 6.13. The third kappa shape index (κ3) is 4.70. The van der Waals surface area contributed by atoms with Crippen LogP contribution in [0.1, 0.15) is 16.8 Å². The first-order valence-electron chi connectivity index (χ1n) is 5.30. The summed E-state index contributed by atoms with van der Waals surface area (Å²) in [5.41, 5.74) is -0.177. The Balaban J connectivity index is 3.00. The first-order valence-corrected chi connectivity index (χ1v) is 7.61. The number of halogens is 1. The molecule has 106 valence electrons. The molecule has 0 unspecified atom stereocenters. The van der Waals surface area contributed by atoms with Crippen LogP contribution in [0.5, 0.6) is 5.75 Å². The Kier molecular flexibility index (Phi) is 5.59. The first-order chi connectivity index (χ1) is 8.86. The lowest BCUT2D eigenvalue weighted by Gasteiger charge is -2.10. The summed E-state index contributed by atoms with van der Waals surface area (Å²) in [6, 6.07) is 3.49. The van der Waals surface area contributed by atoms with Crippen molar-refractivity contribution in [2.75, 3.05) is 20.3 Å². The van der Waals surface area contributed by atoms with Crippen LogP contribution in [-0.2, 0) is 13.8 Å². The number of carboxylic acid groups (broad SMARTS) is 1. The molecule has 0 atom stereocenters. The lowest BCUT2D eigenvalue weighted by atomic mass is 10.2. The highest BCUT2D eigenvalue weighted by molar-refractivity contribution is 8.13. The molecule has 0 amide bonds. The highest BCUT2D eigenvalue weighted by atomic mass is 35.7. The Bertz CT molecular complexity index is 554. The van der Waals surface area contributed by atoms with E-state index in [4.69, 9.17) is 25.3 Å². The molecule has 0 spiro atoms. The zero-order chi connectivity index (χ0) is 14.5. The highest BCUT2D eigenvalue weighted by Crippen LogP contribution is 2.28. The Morgan fingerprint density at radius 2 is 2.05 bits per heavy atom. The molecule has 0 aliphatic rings. The number of carboxylic acids is 1. The lowest BCUT2D eigenvalue weighted by Crippen LogP contribution is -2.06. The van der Waals surface area contributed by atoms with Crippen molar-refractivity contribution < 1.29 is 27.8 Å². The Labute approximate surface area is 115 Å². The summed E-state index contributed by atoms with van der Waals surface area (Å²) in [4.78, 5) is 10.4. The van der Waals surface area contributed by atoms with E-state index < -0.39 is 15.0 Å². The Morgan fingerprint density at radius 3 is 2.58 bits per heavy atom. The smallest absolute Gasteiger partial charge is 0.335 e. The largest absolute Gasteiger partial charge is 0.492 e. The van der Waals surface area contributed by atoms with Crippen LogP contribution >= 0.6 is 10.7 Å². The van der Waals surface area contributed by atoms with Crippen LogP contribution in [0.4, 0.5) is 0 Å². The van der Waals surface area contributed by atoms with Gasteiger partial charge in [0.15, 0.2) is 0 Å². The summed E-state index contributed by atoms with van der Waals surface area (Å²) in [7, 11) is 2.71. The van der Waals surface area contributed by atoms with E-state index in [0.717, 1.165) is 6.07 Å². The molecular formula is C11H13ClO6S. The van der Waals surface area contributed by atoms with E-state index in [-0.39, 0.29) is 22.8 Å². The van der Waals surface area contributed by atoms with Crippen molar-refractivity contribution in [1.82, 2.24) is 0 Å². The van der Waals surface area contributed by atoms with Gasteiger partial charge in [0.25, 0.3) is 9.05 Å². The second-order valence-electron chi connectivity index (χ2n) is 3.60. The Morgan fingerprint density at radius 1 is 1.37 bits per heavy atom. The molecule has 1 rings (SSSR count). The number of rotatable bonds is 7. The second kappa shape index (κ2) is 6.74. The van der Waals surface area contributed by atoms with Crippen LogP contribution in [0.25, 0.3) is 0 Å². The number of benzene rings is 1. The van der Waals surface area contributed by atoms with Crippen LogP contribution in [0.2, 0.25) is 0 Å². The molecule has 0 saturated carbocycles. The van der Waals surface area contributed by atoms with Gasteiger partial charge in [0.1, 0.15) is 10.6 Å². The normalized spacial score (nSPS) is 11.3. The molecule has 8 heteroatoms. The summed E-state index contributed by atoms with van der Waals surface area (Å²) in [6.07, 6.45) is 0.568. The minimum Gasteiger partial charge on any atom is -0.492 e. The van der Waals surface area contributed by atoms with Gasteiger partial charge in [0.2, 0.25) is 0 Å². The number of carbonyl (C=O) groups is 1. The predicted molar refractivity (Wildman–Crippen MR) is 68.4 cm³/mol. The van der Waals surface area contributed by atoms with Crippen molar-refractivity contribution in [1.29, 1.82) is 0 Å². The molecule has 19 heavy (non-hydrogen) atoms. The van der Waals surface area contributed by atoms with Crippen LogP contribution in [0.3, 0.4) is 0 Å². The summed E-state index contributed by atoms with van der Waals surface area (Å²) in [5.74, 6) is -1.22. The number of hydrogen-bond acceptors (Lipinski definition) is 5. The van der Waals surface area contributed by atoms with Crippen LogP contribution in [-0.4, -0.2) is 39.8 Å². The maximum absolute atomic E-state index is 11.4. The van der Waals surface area contributed by atoms with E-state index >= 15 is 0 Å². The fourth-order valence-electron chi connectivity index (χ4n) is 1.34. The topological polar surface area (TPSA) is 89.9 Å². The summed E-state index contributed by atoms with van der Waals surface area (Å²) in [5, 5.41) is 8.82. The average molecular weight is 309 g/mol. The summed E-state index contributed by atoms with van der Waals surface area (Å²) in [6.45, 7) is 0.704. The third-order valence-electron chi connectivity index (χ3n) is 2.20. The van der Waals surface area contributed by atoms with Gasteiger partial charge in [-0.1, -0.05) is 0 Å². The van der Waals surface area contributed by atoms with Gasteiger partial charge in [0.05, 0.1) is 12.2 Å². The zero-order valence-electron chi connectivity index (χ0n) is 10.1. The van der Waals surface area contributed by atoms with Crippen molar-refractivity contribution in [2.24, 2.45) is 0 Å². The molecule has 0 aliphatic carbocycles. The maximum Gasteiger partial charge on any atom is 0.335 e. The Hall–Kier alpha value is -1.31. The van der Waals surface area contributed by atoms with E-state index in [1.165, 1.54) is 19.2 Å². The maximum atomic E-state index is 11.4. The van der Waals surface area contributed by atoms with Crippen molar-refractivity contribution in [3.05, 3.63) is 23.8 Å². The standard InChI is InChI=1S/C11H13ClO6S/c1-17-5-2-6-18-9-4-3-8(11(13)14)7-10(9)19(12,15)16/h3-4,7H,2,5-6H2,1H3,(H,13,14). The highest BCUT2D eigenvalue weighted by Gasteiger charge is 2.19. The molecule has 1 aromatic carbocycles. The SMILES string of the molecule is COCCCOc1ccc(C(=O)O)cc1S(=O)(=O)Cl. The first kappa shape index (κ1) is 15.7. The van der Waals surface area contributed by atoms with E-state index in [1.807, 2.05) is 0 Å². The van der Waals surface area contributed by atoms with Crippen molar-refractivity contribution in [2.45, 2.75) is 11.3 Å². The van der Waals surface area contributed by atoms with Crippen LogP contribution in [0, 0.1) is 0 Å². The minimum atomic E-state index is -4.08. The predicted octanol–water partition coefficient (Wildman–Crippen LogP) is 1.73. The fourth-order valence-corrected chi connectivity index (χ4v) is 2.33. The molecule has 0 aromatic heterocycles. The van der Waals surface area contributed by atoms with Crippen molar-refractivity contribution >= 4 is 25.7 Å².